The Labute approximate surface area is 411 Å². The summed E-state index contributed by atoms with van der Waals surface area (Å²) in [6, 6.07) is 81.1. The molecule has 0 spiro atoms. The number of aryl methyl sites for hydroxylation is 3. The number of nitrogens with zero attached hydrogens (tertiary/aromatic N) is 2. The minimum Gasteiger partial charge on any atom is -0.453 e. The van der Waals surface area contributed by atoms with Crippen LogP contribution in [0.25, 0.3) is 98.4 Å². The van der Waals surface area contributed by atoms with Crippen molar-refractivity contribution in [3.63, 3.8) is 0 Å². The summed E-state index contributed by atoms with van der Waals surface area (Å²) in [5.41, 5.74) is 17.5. The first-order valence-electron chi connectivity index (χ1n) is 24.4. The van der Waals surface area contributed by atoms with E-state index in [2.05, 4.69) is 255 Å². The molecule has 2 heterocycles. The Morgan fingerprint density at radius 1 is 0.282 bits per heavy atom. The van der Waals surface area contributed by atoms with Crippen LogP contribution in [0.2, 0.25) is 0 Å². The summed E-state index contributed by atoms with van der Waals surface area (Å²) in [7, 11) is 0. The van der Waals surface area contributed by atoms with E-state index >= 15 is 0 Å². The lowest BCUT2D eigenvalue weighted by atomic mass is 9.90. The van der Waals surface area contributed by atoms with Gasteiger partial charge < -0.3 is 18.6 Å². The molecular formula is C67H46N2O2. The van der Waals surface area contributed by atoms with Gasteiger partial charge in [0, 0.05) is 60.2 Å². The highest BCUT2D eigenvalue weighted by atomic mass is 16.3. The number of para-hydroxylation sites is 6. The van der Waals surface area contributed by atoms with Crippen LogP contribution in [0.5, 0.6) is 0 Å². The average molecular weight is 911 g/mol. The van der Waals surface area contributed by atoms with Crippen molar-refractivity contribution in [3.8, 4) is 22.3 Å². The molecule has 0 aliphatic rings. The largest absolute Gasteiger partial charge is 0.453 e. The summed E-state index contributed by atoms with van der Waals surface area (Å²) < 4.78 is 14.5. The van der Waals surface area contributed by atoms with Gasteiger partial charge in [-0.25, -0.2) is 0 Å². The Balaban J connectivity index is 1.10. The van der Waals surface area contributed by atoms with Gasteiger partial charge in [-0.1, -0.05) is 182 Å². The topological polar surface area (TPSA) is 32.8 Å². The van der Waals surface area contributed by atoms with Crippen LogP contribution in [0, 0.1) is 20.8 Å². The minimum absolute atomic E-state index is 0.826. The van der Waals surface area contributed by atoms with Gasteiger partial charge in [0.1, 0.15) is 11.2 Å². The number of anilines is 6. The maximum Gasteiger partial charge on any atom is 0.159 e. The summed E-state index contributed by atoms with van der Waals surface area (Å²) in [6.45, 7) is 6.53. The normalized spacial score (nSPS) is 11.9. The zero-order valence-electron chi connectivity index (χ0n) is 39.6. The molecule has 0 saturated heterocycles. The molecule has 0 N–H and O–H groups in total. The summed E-state index contributed by atoms with van der Waals surface area (Å²) in [5, 5.41) is 11.4. The van der Waals surface area contributed by atoms with E-state index in [0.29, 0.717) is 0 Å². The molecule has 14 rings (SSSR count). The molecule has 0 aliphatic carbocycles. The molecule has 0 atom stereocenters. The fourth-order valence-electron chi connectivity index (χ4n) is 11.5. The summed E-state index contributed by atoms with van der Waals surface area (Å²) in [6.07, 6.45) is 0. The monoisotopic (exact) mass is 910 g/mol. The molecule has 0 aliphatic heterocycles. The van der Waals surface area contributed by atoms with Crippen LogP contribution >= 0.6 is 0 Å². The molecule has 0 bridgehead atoms. The smallest absolute Gasteiger partial charge is 0.159 e. The summed E-state index contributed by atoms with van der Waals surface area (Å²) >= 11 is 0. The van der Waals surface area contributed by atoms with Crippen molar-refractivity contribution in [2.75, 3.05) is 9.80 Å². The molecule has 0 unspecified atom stereocenters. The Morgan fingerprint density at radius 2 is 0.676 bits per heavy atom. The van der Waals surface area contributed by atoms with Crippen molar-refractivity contribution in [1.82, 2.24) is 0 Å². The first-order chi connectivity index (χ1) is 35.0. The van der Waals surface area contributed by atoms with Crippen LogP contribution in [0.3, 0.4) is 0 Å². The number of rotatable bonds is 8. The van der Waals surface area contributed by atoms with Crippen LogP contribution in [0.4, 0.5) is 34.1 Å². The molecule has 4 heteroatoms. The molecule has 0 radical (unpaired) electrons. The van der Waals surface area contributed by atoms with Gasteiger partial charge in [0.25, 0.3) is 0 Å². The fraction of sp³-hybridized carbons (Fsp3) is 0.0448. The molecule has 0 amide bonds. The van der Waals surface area contributed by atoms with Gasteiger partial charge in [-0.05, 0) is 107 Å². The molecule has 2 aromatic heterocycles. The lowest BCUT2D eigenvalue weighted by Gasteiger charge is -2.32. The van der Waals surface area contributed by atoms with Crippen molar-refractivity contribution in [2.45, 2.75) is 20.8 Å². The van der Waals surface area contributed by atoms with E-state index in [1.807, 2.05) is 0 Å². The van der Waals surface area contributed by atoms with Crippen LogP contribution in [-0.4, -0.2) is 0 Å². The first kappa shape index (κ1) is 40.9. The zero-order chi connectivity index (χ0) is 47.3. The predicted molar refractivity (Wildman–Crippen MR) is 299 cm³/mol. The molecule has 4 nitrogen and oxygen atoms in total. The molecule has 336 valence electrons. The van der Waals surface area contributed by atoms with Gasteiger partial charge >= 0.3 is 0 Å². The van der Waals surface area contributed by atoms with Crippen molar-refractivity contribution >= 4 is 110 Å². The Kier molecular flexibility index (Phi) is 9.21. The van der Waals surface area contributed by atoms with Gasteiger partial charge in [0.15, 0.2) is 11.2 Å². The zero-order valence-corrected chi connectivity index (χ0v) is 39.6. The second-order valence-corrected chi connectivity index (χ2v) is 19.0. The van der Waals surface area contributed by atoms with Crippen LogP contribution in [0.1, 0.15) is 16.7 Å². The molecule has 71 heavy (non-hydrogen) atoms. The molecule has 0 fully saturated rings. The van der Waals surface area contributed by atoms with E-state index < -0.39 is 0 Å². The van der Waals surface area contributed by atoms with Gasteiger partial charge in [-0.2, -0.15) is 0 Å². The Morgan fingerprint density at radius 3 is 1.13 bits per heavy atom. The highest BCUT2D eigenvalue weighted by molar-refractivity contribution is 6.30. The molecule has 14 aromatic rings. The standard InChI is InChI=1S/C67H46N2O2/c1-41-38-44-34-36-56-60(68(46-20-6-4-7-21-46)58-32-16-30-54-52-28-14-26-50(64(52)70-66(54)58)48-24-12-10-18-42(48)2)40-61(57-37-35-45(39-41)62(44)63(56)57)69(47-22-8-5-9-23-47)59-33-17-31-55-53-29-15-27-51(65(53)71-67(55)59)49-25-13-11-19-43(49)3/h4-40H,1-3H3. The van der Waals surface area contributed by atoms with Crippen molar-refractivity contribution in [1.29, 1.82) is 0 Å². The second-order valence-electron chi connectivity index (χ2n) is 19.0. The predicted octanol–water partition coefficient (Wildman–Crippen LogP) is 19.6. The quantitative estimate of drug-likeness (QED) is 0.142. The second kappa shape index (κ2) is 16.0. The van der Waals surface area contributed by atoms with Crippen LogP contribution < -0.4 is 9.80 Å². The highest BCUT2D eigenvalue weighted by Crippen LogP contribution is 2.53. The molecule has 12 aromatic carbocycles. The van der Waals surface area contributed by atoms with Gasteiger partial charge in [0.05, 0.1) is 22.7 Å². The van der Waals surface area contributed by atoms with Gasteiger partial charge in [0.2, 0.25) is 0 Å². The Hall–Kier alpha value is -9.12. The van der Waals surface area contributed by atoms with Crippen molar-refractivity contribution in [2.24, 2.45) is 0 Å². The lowest BCUT2D eigenvalue weighted by molar-refractivity contribution is 0.670. The fourth-order valence-corrected chi connectivity index (χ4v) is 11.5. The maximum absolute atomic E-state index is 7.26. The maximum atomic E-state index is 7.26. The summed E-state index contributed by atoms with van der Waals surface area (Å²) in [4.78, 5) is 4.83. The van der Waals surface area contributed by atoms with E-state index in [9.17, 15) is 0 Å². The van der Waals surface area contributed by atoms with Crippen molar-refractivity contribution < 1.29 is 8.83 Å². The van der Waals surface area contributed by atoms with E-state index in [0.717, 1.165) is 111 Å². The third kappa shape index (κ3) is 6.31. The third-order valence-corrected chi connectivity index (χ3v) is 14.7. The van der Waals surface area contributed by atoms with Gasteiger partial charge in [-0.3, -0.25) is 0 Å². The number of hydrogen-bond acceptors (Lipinski definition) is 4. The van der Waals surface area contributed by atoms with E-state index in [1.165, 1.54) is 38.2 Å². The van der Waals surface area contributed by atoms with E-state index in [-0.39, 0.29) is 0 Å². The van der Waals surface area contributed by atoms with E-state index in [1.54, 1.807) is 0 Å². The minimum atomic E-state index is 0.826. The van der Waals surface area contributed by atoms with Gasteiger partial charge in [-0.15, -0.1) is 0 Å². The first-order valence-corrected chi connectivity index (χ1v) is 24.4. The number of benzene rings is 12. The number of hydrogen-bond donors (Lipinski definition) is 0. The third-order valence-electron chi connectivity index (χ3n) is 14.7. The van der Waals surface area contributed by atoms with Crippen LogP contribution in [-0.2, 0) is 0 Å². The van der Waals surface area contributed by atoms with E-state index in [4.69, 9.17) is 8.83 Å². The number of fused-ring (bicyclic) bond motifs is 6. The van der Waals surface area contributed by atoms with Crippen LogP contribution in [0.15, 0.2) is 233 Å². The molecule has 0 saturated carbocycles. The van der Waals surface area contributed by atoms with Crippen molar-refractivity contribution in [3.05, 3.63) is 241 Å². The highest BCUT2D eigenvalue weighted by Gasteiger charge is 2.29. The average Bonchev–Trinajstić information content (AvgIpc) is 4.00. The summed E-state index contributed by atoms with van der Waals surface area (Å²) in [5.74, 6) is 0. The molecular weight excluding hydrogens is 865 g/mol. The number of furan rings is 2. The Bertz CT molecular complexity index is 4120. The lowest BCUT2D eigenvalue weighted by Crippen LogP contribution is -2.15. The SMILES string of the molecule is Cc1cc2ccc3c(N(c4ccccc4)c4cccc5c4oc4c(-c6ccccc6C)cccc45)cc(N(c4ccccc4)c4cccc5c4oc4c(-c6ccccc6C)cccc45)c4ccc(c1)c2c34.